The predicted octanol–water partition coefficient (Wildman–Crippen LogP) is 0.150. The molecule has 4 nitrogen and oxygen atoms in total. The Kier molecular flexibility index (Phi) is 5.36. The monoisotopic (exact) mass is 207 g/mol. The van der Waals surface area contributed by atoms with E-state index in [-0.39, 0.29) is 5.75 Å². The first kappa shape index (κ1) is 12.7. The fourth-order valence-corrected chi connectivity index (χ4v) is 1.77. The van der Waals surface area contributed by atoms with Gasteiger partial charge in [0.1, 0.15) is 0 Å². The molecule has 0 aliphatic rings. The summed E-state index contributed by atoms with van der Waals surface area (Å²) in [6.45, 7) is 3.88. The van der Waals surface area contributed by atoms with E-state index in [9.17, 15) is 9.90 Å². The second-order valence-electron chi connectivity index (χ2n) is 3.44. The number of carboxylic acid groups (broad SMARTS) is 1. The Hall–Kier alpha value is -0.260. The highest BCUT2D eigenvalue weighted by molar-refractivity contribution is 7.99. The second-order valence-corrected chi connectivity index (χ2v) is 4.47. The summed E-state index contributed by atoms with van der Waals surface area (Å²) in [7, 11) is 0. The second kappa shape index (κ2) is 5.47. The number of thioether (sulfide) groups is 1. The van der Waals surface area contributed by atoms with Crippen molar-refractivity contribution < 1.29 is 15.0 Å². The summed E-state index contributed by atoms with van der Waals surface area (Å²) in [6, 6.07) is 0. The van der Waals surface area contributed by atoms with Crippen LogP contribution in [0.25, 0.3) is 0 Å². The average Bonchev–Trinajstić information content (AvgIpc) is 2.03. The first-order valence-corrected chi connectivity index (χ1v) is 5.29. The van der Waals surface area contributed by atoms with Crippen LogP contribution in [0.2, 0.25) is 0 Å². The number of hydrogen-bond donors (Lipinski definition) is 3. The van der Waals surface area contributed by atoms with Crippen LogP contribution in [0.4, 0.5) is 0 Å². The van der Waals surface area contributed by atoms with Gasteiger partial charge >= 0.3 is 5.97 Å². The summed E-state index contributed by atoms with van der Waals surface area (Å²) in [4.78, 5) is 10.5. The number of carboxylic acids is 1. The smallest absolute Gasteiger partial charge is 0.336 e. The van der Waals surface area contributed by atoms with Crippen LogP contribution in [0.3, 0.4) is 0 Å². The summed E-state index contributed by atoms with van der Waals surface area (Å²) in [5.41, 5.74) is 3.76. The van der Waals surface area contributed by atoms with Crippen molar-refractivity contribution in [2.75, 3.05) is 18.1 Å². The number of aliphatic hydroxyl groups is 1. The molecule has 2 unspecified atom stereocenters. The molecule has 0 heterocycles. The minimum Gasteiger partial charge on any atom is -0.479 e. The van der Waals surface area contributed by atoms with Gasteiger partial charge in [-0.2, -0.15) is 11.8 Å². The summed E-state index contributed by atoms with van der Waals surface area (Å²) in [5.74, 6) is 0.155. The highest BCUT2D eigenvalue weighted by Crippen LogP contribution is 2.15. The van der Waals surface area contributed by atoms with Crippen LogP contribution in [0.5, 0.6) is 0 Å². The number of hydrogen-bond acceptors (Lipinski definition) is 4. The molecule has 2 atom stereocenters. The van der Waals surface area contributed by atoms with Gasteiger partial charge in [-0.15, -0.1) is 0 Å². The number of carbonyl (C=O) groups is 1. The maximum absolute atomic E-state index is 10.5. The standard InChI is InChI=1S/C8H17NO3S/c1-6(3-9)4-13-5-8(2,12)7(10)11/h6,12H,3-5,9H2,1-2H3,(H,10,11). The fourth-order valence-electron chi connectivity index (χ4n) is 0.589. The van der Waals surface area contributed by atoms with Gasteiger partial charge in [-0.3, -0.25) is 0 Å². The molecular weight excluding hydrogens is 190 g/mol. The third-order valence-electron chi connectivity index (χ3n) is 1.65. The Morgan fingerprint density at radius 2 is 2.23 bits per heavy atom. The lowest BCUT2D eigenvalue weighted by molar-refractivity contribution is -0.154. The predicted molar refractivity (Wildman–Crippen MR) is 53.8 cm³/mol. The van der Waals surface area contributed by atoms with Crippen molar-refractivity contribution in [2.45, 2.75) is 19.4 Å². The molecule has 5 heteroatoms. The third kappa shape index (κ3) is 5.13. The van der Waals surface area contributed by atoms with Crippen molar-refractivity contribution in [3.63, 3.8) is 0 Å². The van der Waals surface area contributed by atoms with Crippen LogP contribution < -0.4 is 5.73 Å². The van der Waals surface area contributed by atoms with Crippen molar-refractivity contribution in [3.05, 3.63) is 0 Å². The van der Waals surface area contributed by atoms with Gasteiger partial charge in [-0.1, -0.05) is 6.92 Å². The van der Waals surface area contributed by atoms with Gasteiger partial charge < -0.3 is 15.9 Å². The zero-order valence-corrected chi connectivity index (χ0v) is 8.80. The molecule has 0 aliphatic carbocycles. The van der Waals surface area contributed by atoms with Crippen LogP contribution in [-0.4, -0.2) is 39.8 Å². The van der Waals surface area contributed by atoms with Gasteiger partial charge in [0.25, 0.3) is 0 Å². The maximum atomic E-state index is 10.5. The Balaban J connectivity index is 3.70. The normalized spacial score (nSPS) is 17.8. The van der Waals surface area contributed by atoms with E-state index >= 15 is 0 Å². The van der Waals surface area contributed by atoms with Crippen LogP contribution in [-0.2, 0) is 4.79 Å². The first-order valence-electron chi connectivity index (χ1n) is 4.13. The Bertz CT molecular complexity index is 173. The van der Waals surface area contributed by atoms with E-state index in [1.165, 1.54) is 18.7 Å². The molecule has 78 valence electrons. The van der Waals surface area contributed by atoms with Crippen molar-refractivity contribution >= 4 is 17.7 Å². The number of rotatable bonds is 6. The number of nitrogens with two attached hydrogens (primary N) is 1. The largest absolute Gasteiger partial charge is 0.479 e. The van der Waals surface area contributed by atoms with Crippen LogP contribution in [0.15, 0.2) is 0 Å². The van der Waals surface area contributed by atoms with E-state index in [2.05, 4.69) is 0 Å². The van der Waals surface area contributed by atoms with Gasteiger partial charge in [-0.25, -0.2) is 4.79 Å². The topological polar surface area (TPSA) is 83.5 Å². The SMILES string of the molecule is CC(CN)CSCC(C)(O)C(=O)O. The highest BCUT2D eigenvalue weighted by atomic mass is 32.2. The minimum absolute atomic E-state index is 0.201. The molecule has 4 N–H and O–H groups in total. The lowest BCUT2D eigenvalue weighted by Crippen LogP contribution is -2.37. The lowest BCUT2D eigenvalue weighted by Gasteiger charge is -2.18. The molecule has 0 saturated heterocycles. The lowest BCUT2D eigenvalue weighted by atomic mass is 10.1. The Morgan fingerprint density at radius 1 is 1.69 bits per heavy atom. The maximum Gasteiger partial charge on any atom is 0.336 e. The van der Waals surface area contributed by atoms with E-state index < -0.39 is 11.6 Å². The highest BCUT2D eigenvalue weighted by Gasteiger charge is 2.29. The molecule has 0 aromatic rings. The van der Waals surface area contributed by atoms with E-state index in [1.807, 2.05) is 6.92 Å². The van der Waals surface area contributed by atoms with Gasteiger partial charge in [0.2, 0.25) is 0 Å². The summed E-state index contributed by atoms with van der Waals surface area (Å²) < 4.78 is 0. The molecule has 0 spiro atoms. The zero-order chi connectivity index (χ0) is 10.5. The molecular formula is C8H17NO3S. The molecule has 0 saturated carbocycles. The van der Waals surface area contributed by atoms with E-state index in [4.69, 9.17) is 10.8 Å². The van der Waals surface area contributed by atoms with E-state index in [0.717, 1.165) is 5.75 Å². The van der Waals surface area contributed by atoms with Crippen LogP contribution >= 0.6 is 11.8 Å². The van der Waals surface area contributed by atoms with Crippen molar-refractivity contribution in [1.82, 2.24) is 0 Å². The molecule has 0 amide bonds. The van der Waals surface area contributed by atoms with Crippen molar-refractivity contribution in [2.24, 2.45) is 11.7 Å². The Labute approximate surface area is 82.5 Å². The van der Waals surface area contributed by atoms with Crippen LogP contribution in [0, 0.1) is 5.92 Å². The van der Waals surface area contributed by atoms with Crippen molar-refractivity contribution in [3.8, 4) is 0 Å². The minimum atomic E-state index is -1.63. The van der Waals surface area contributed by atoms with Crippen molar-refractivity contribution in [1.29, 1.82) is 0 Å². The van der Waals surface area contributed by atoms with Gasteiger partial charge in [0.15, 0.2) is 5.60 Å². The molecule has 13 heavy (non-hydrogen) atoms. The molecule has 0 radical (unpaired) electrons. The first-order chi connectivity index (χ1) is 5.90. The van der Waals surface area contributed by atoms with E-state index in [0.29, 0.717) is 12.5 Å². The molecule has 0 aromatic carbocycles. The Morgan fingerprint density at radius 3 is 2.62 bits per heavy atom. The quantitative estimate of drug-likeness (QED) is 0.577. The molecule has 0 bridgehead atoms. The van der Waals surface area contributed by atoms with Gasteiger partial charge in [0.05, 0.1) is 0 Å². The molecule has 0 aliphatic heterocycles. The summed E-state index contributed by atoms with van der Waals surface area (Å²) in [6.07, 6.45) is 0. The summed E-state index contributed by atoms with van der Waals surface area (Å²) >= 11 is 1.41. The van der Waals surface area contributed by atoms with Crippen LogP contribution in [0.1, 0.15) is 13.8 Å². The summed E-state index contributed by atoms with van der Waals surface area (Å²) in [5, 5.41) is 17.9. The van der Waals surface area contributed by atoms with Gasteiger partial charge in [-0.05, 0) is 25.1 Å². The molecule has 0 fully saturated rings. The molecule has 0 aromatic heterocycles. The molecule has 0 rings (SSSR count). The van der Waals surface area contributed by atoms with E-state index in [1.54, 1.807) is 0 Å². The fraction of sp³-hybridized carbons (Fsp3) is 0.875. The van der Waals surface area contributed by atoms with Gasteiger partial charge in [0, 0.05) is 5.75 Å². The third-order valence-corrected chi connectivity index (χ3v) is 3.22. The average molecular weight is 207 g/mol. The zero-order valence-electron chi connectivity index (χ0n) is 7.99. The number of aliphatic carboxylic acids is 1.